The molecule has 0 bridgehead atoms. The van der Waals surface area contributed by atoms with Gasteiger partial charge in [-0.2, -0.15) is 0 Å². The van der Waals surface area contributed by atoms with Crippen molar-refractivity contribution < 1.29 is 0 Å². The summed E-state index contributed by atoms with van der Waals surface area (Å²) in [7, 11) is 0. The summed E-state index contributed by atoms with van der Waals surface area (Å²) in [5.41, 5.74) is 14.6. The first-order valence-electron chi connectivity index (χ1n) is 9.81. The smallest absolute Gasteiger partial charge is 0.00508 e. The second-order valence-electron chi connectivity index (χ2n) is 7.18. The Hall–Kier alpha value is -1.64. The topological polar surface area (TPSA) is 52.0 Å². The fourth-order valence-electron chi connectivity index (χ4n) is 3.49. The summed E-state index contributed by atoms with van der Waals surface area (Å²) >= 11 is 0. The van der Waals surface area contributed by atoms with E-state index in [1.54, 1.807) is 0 Å². The van der Waals surface area contributed by atoms with E-state index in [1.807, 2.05) is 0 Å². The molecule has 0 aromatic heterocycles. The maximum Gasteiger partial charge on any atom is 0.00508 e. The molecule has 0 spiro atoms. The third kappa shape index (κ3) is 8.33. The Bertz CT molecular complexity index is 509. The predicted octanol–water partition coefficient (Wildman–Crippen LogP) is 4.71. The molecule has 0 aliphatic carbocycles. The summed E-state index contributed by atoms with van der Waals surface area (Å²) in [6.07, 6.45) is 9.42. The molecular formula is C23H34N2. The van der Waals surface area contributed by atoms with Crippen LogP contribution in [0.3, 0.4) is 0 Å². The van der Waals surface area contributed by atoms with Crippen LogP contribution in [0.2, 0.25) is 0 Å². The van der Waals surface area contributed by atoms with E-state index in [0.29, 0.717) is 6.54 Å². The lowest BCUT2D eigenvalue weighted by molar-refractivity contribution is 0.391. The highest BCUT2D eigenvalue weighted by Crippen LogP contribution is 2.22. The predicted molar refractivity (Wildman–Crippen MR) is 109 cm³/mol. The molecule has 2 aromatic carbocycles. The van der Waals surface area contributed by atoms with Gasteiger partial charge in [0.2, 0.25) is 0 Å². The van der Waals surface area contributed by atoms with Crippen LogP contribution in [0, 0.1) is 5.92 Å². The fourth-order valence-corrected chi connectivity index (χ4v) is 3.49. The molecule has 2 heteroatoms. The van der Waals surface area contributed by atoms with Crippen molar-refractivity contribution in [3.63, 3.8) is 0 Å². The van der Waals surface area contributed by atoms with Gasteiger partial charge in [0.05, 0.1) is 0 Å². The molecule has 0 heterocycles. The van der Waals surface area contributed by atoms with Crippen molar-refractivity contribution in [1.82, 2.24) is 0 Å². The SMILES string of the molecule is NCC[C@H](N)CCCC(CCc1ccccc1)CCc1ccccc1. The number of rotatable bonds is 12. The molecule has 25 heavy (non-hydrogen) atoms. The molecule has 4 N–H and O–H groups in total. The van der Waals surface area contributed by atoms with Gasteiger partial charge in [0.25, 0.3) is 0 Å². The fraction of sp³-hybridized carbons (Fsp3) is 0.478. The lowest BCUT2D eigenvalue weighted by atomic mass is 9.88. The lowest BCUT2D eigenvalue weighted by Gasteiger charge is -2.18. The Morgan fingerprint density at radius 3 is 1.64 bits per heavy atom. The number of benzene rings is 2. The van der Waals surface area contributed by atoms with Crippen molar-refractivity contribution in [2.24, 2.45) is 17.4 Å². The number of hydrogen-bond donors (Lipinski definition) is 2. The molecule has 0 unspecified atom stereocenters. The normalized spacial score (nSPS) is 12.4. The maximum atomic E-state index is 6.12. The van der Waals surface area contributed by atoms with E-state index in [1.165, 1.54) is 49.7 Å². The lowest BCUT2D eigenvalue weighted by Crippen LogP contribution is -2.23. The largest absolute Gasteiger partial charge is 0.330 e. The van der Waals surface area contributed by atoms with Gasteiger partial charge in [-0.1, -0.05) is 73.5 Å². The number of aryl methyl sites for hydroxylation is 2. The van der Waals surface area contributed by atoms with Gasteiger partial charge in [0.1, 0.15) is 0 Å². The first kappa shape index (κ1) is 19.7. The quantitative estimate of drug-likeness (QED) is 0.588. The molecule has 0 saturated carbocycles. The average Bonchev–Trinajstić information content (AvgIpc) is 2.65. The maximum absolute atomic E-state index is 6.12. The molecule has 0 fully saturated rings. The molecule has 0 amide bonds. The highest BCUT2D eigenvalue weighted by atomic mass is 14.6. The van der Waals surface area contributed by atoms with Crippen LogP contribution in [0.1, 0.15) is 49.7 Å². The van der Waals surface area contributed by atoms with Gasteiger partial charge < -0.3 is 11.5 Å². The zero-order valence-corrected chi connectivity index (χ0v) is 15.4. The minimum absolute atomic E-state index is 0.272. The van der Waals surface area contributed by atoms with Crippen molar-refractivity contribution in [3.8, 4) is 0 Å². The zero-order chi connectivity index (χ0) is 17.7. The van der Waals surface area contributed by atoms with E-state index in [4.69, 9.17) is 11.5 Å². The highest BCUT2D eigenvalue weighted by molar-refractivity contribution is 5.15. The van der Waals surface area contributed by atoms with Crippen molar-refractivity contribution >= 4 is 0 Å². The Balaban J connectivity index is 1.81. The van der Waals surface area contributed by atoms with Gasteiger partial charge in [-0.15, -0.1) is 0 Å². The summed E-state index contributed by atoms with van der Waals surface area (Å²) in [6, 6.07) is 22.0. The van der Waals surface area contributed by atoms with Gasteiger partial charge in [0.15, 0.2) is 0 Å². The first-order chi connectivity index (χ1) is 12.3. The van der Waals surface area contributed by atoms with Crippen LogP contribution in [-0.4, -0.2) is 12.6 Å². The third-order valence-electron chi connectivity index (χ3n) is 5.09. The van der Waals surface area contributed by atoms with Crippen LogP contribution in [0.5, 0.6) is 0 Å². The van der Waals surface area contributed by atoms with E-state index in [2.05, 4.69) is 60.7 Å². The van der Waals surface area contributed by atoms with Crippen LogP contribution in [0.4, 0.5) is 0 Å². The molecule has 136 valence electrons. The Labute approximate surface area is 153 Å². The van der Waals surface area contributed by atoms with Crippen LogP contribution in [-0.2, 0) is 12.8 Å². The van der Waals surface area contributed by atoms with Crippen LogP contribution >= 0.6 is 0 Å². The number of nitrogens with two attached hydrogens (primary N) is 2. The van der Waals surface area contributed by atoms with Gasteiger partial charge >= 0.3 is 0 Å². The summed E-state index contributed by atoms with van der Waals surface area (Å²) in [5, 5.41) is 0. The second kappa shape index (κ2) is 11.8. The van der Waals surface area contributed by atoms with Gasteiger partial charge in [-0.25, -0.2) is 0 Å². The number of hydrogen-bond acceptors (Lipinski definition) is 2. The van der Waals surface area contributed by atoms with Crippen molar-refractivity contribution in [3.05, 3.63) is 71.8 Å². The minimum Gasteiger partial charge on any atom is -0.330 e. The molecule has 0 saturated heterocycles. The molecule has 2 nitrogen and oxygen atoms in total. The van der Waals surface area contributed by atoms with E-state index in [-0.39, 0.29) is 6.04 Å². The Morgan fingerprint density at radius 2 is 1.16 bits per heavy atom. The molecule has 2 rings (SSSR count). The summed E-state index contributed by atoms with van der Waals surface area (Å²) in [4.78, 5) is 0. The molecule has 1 atom stereocenters. The third-order valence-corrected chi connectivity index (χ3v) is 5.09. The molecule has 0 radical (unpaired) electrons. The van der Waals surface area contributed by atoms with E-state index >= 15 is 0 Å². The summed E-state index contributed by atoms with van der Waals surface area (Å²) < 4.78 is 0. The van der Waals surface area contributed by atoms with E-state index < -0.39 is 0 Å². The van der Waals surface area contributed by atoms with Gasteiger partial charge in [0, 0.05) is 6.04 Å². The molecular weight excluding hydrogens is 304 g/mol. The monoisotopic (exact) mass is 338 g/mol. The minimum atomic E-state index is 0.272. The van der Waals surface area contributed by atoms with E-state index in [0.717, 1.165) is 18.8 Å². The van der Waals surface area contributed by atoms with Gasteiger partial charge in [-0.05, 0) is 62.1 Å². The second-order valence-corrected chi connectivity index (χ2v) is 7.18. The Kier molecular flexibility index (Phi) is 9.32. The summed E-state index contributed by atoms with van der Waals surface area (Å²) in [6.45, 7) is 0.701. The van der Waals surface area contributed by atoms with Crippen molar-refractivity contribution in [1.29, 1.82) is 0 Å². The van der Waals surface area contributed by atoms with Crippen LogP contribution in [0.15, 0.2) is 60.7 Å². The van der Waals surface area contributed by atoms with Crippen molar-refractivity contribution in [2.75, 3.05) is 6.54 Å². The highest BCUT2D eigenvalue weighted by Gasteiger charge is 2.11. The molecule has 2 aromatic rings. The molecule has 0 aliphatic heterocycles. The van der Waals surface area contributed by atoms with Crippen LogP contribution < -0.4 is 11.5 Å². The summed E-state index contributed by atoms with van der Waals surface area (Å²) in [5.74, 6) is 0.769. The standard InChI is InChI=1S/C23H34N2/c24-19-18-23(25)13-7-12-22(16-14-20-8-3-1-4-9-20)17-15-21-10-5-2-6-11-21/h1-6,8-11,22-23H,7,12-19,24-25H2/t23-/m1/s1. The zero-order valence-electron chi connectivity index (χ0n) is 15.4. The van der Waals surface area contributed by atoms with E-state index in [9.17, 15) is 0 Å². The first-order valence-corrected chi connectivity index (χ1v) is 9.81. The average molecular weight is 339 g/mol. The Morgan fingerprint density at radius 1 is 0.640 bits per heavy atom. The van der Waals surface area contributed by atoms with Crippen LogP contribution in [0.25, 0.3) is 0 Å². The molecule has 0 aliphatic rings. The van der Waals surface area contributed by atoms with Gasteiger partial charge in [-0.3, -0.25) is 0 Å². The van der Waals surface area contributed by atoms with Crippen molar-refractivity contribution in [2.45, 2.75) is 57.4 Å².